The maximum absolute atomic E-state index is 5.97. The predicted molar refractivity (Wildman–Crippen MR) is 80.0 cm³/mol. The lowest BCUT2D eigenvalue weighted by atomic mass is 9.99. The van der Waals surface area contributed by atoms with Crippen LogP contribution in [0.1, 0.15) is 37.3 Å². The largest absolute Gasteiger partial charge is 0.493 e. The van der Waals surface area contributed by atoms with Crippen molar-refractivity contribution < 1.29 is 9.64 Å². The third kappa shape index (κ3) is 4.24. The van der Waals surface area contributed by atoms with Crippen LogP contribution >= 0.6 is 0 Å². The van der Waals surface area contributed by atoms with Crippen molar-refractivity contribution in [2.24, 2.45) is 5.92 Å². The molecule has 0 unspecified atom stereocenters. The summed E-state index contributed by atoms with van der Waals surface area (Å²) in [5.74, 6) is 2.03. The Balaban J connectivity index is 1.69. The molecule has 0 radical (unpaired) electrons. The highest BCUT2D eigenvalue weighted by molar-refractivity contribution is 5.39. The van der Waals surface area contributed by atoms with Gasteiger partial charge in [0.15, 0.2) is 0 Å². The zero-order chi connectivity index (χ0) is 13.7. The summed E-state index contributed by atoms with van der Waals surface area (Å²) in [5, 5.41) is 0. The summed E-state index contributed by atoms with van der Waals surface area (Å²) in [6.45, 7) is 11.4. The summed E-state index contributed by atoms with van der Waals surface area (Å²) >= 11 is 0. The summed E-state index contributed by atoms with van der Waals surface area (Å²) in [6, 6.07) is 6.34. The number of para-hydroxylation sites is 1. The standard InChI is InChI=1S/C17H27NO/c1-14-8-11-18(12-9-14)10-5-13-19-17-15(2)6-4-7-16(17)3/h4,6-7,14H,5,8-13H2,1-3H3/p+1. The van der Waals surface area contributed by atoms with Gasteiger partial charge < -0.3 is 9.64 Å². The minimum absolute atomic E-state index is 0.852. The Labute approximate surface area is 117 Å². The molecular weight excluding hydrogens is 234 g/mol. The van der Waals surface area contributed by atoms with E-state index in [-0.39, 0.29) is 0 Å². The molecule has 0 spiro atoms. The molecule has 106 valence electrons. The van der Waals surface area contributed by atoms with Crippen molar-refractivity contribution in [1.29, 1.82) is 0 Å². The van der Waals surface area contributed by atoms with Crippen LogP contribution in [0, 0.1) is 19.8 Å². The first kappa shape index (κ1) is 14.4. The Morgan fingerprint density at radius 1 is 1.16 bits per heavy atom. The Morgan fingerprint density at radius 2 is 1.79 bits per heavy atom. The first-order chi connectivity index (χ1) is 9.16. The van der Waals surface area contributed by atoms with Gasteiger partial charge in [-0.3, -0.25) is 0 Å². The molecule has 1 aliphatic heterocycles. The van der Waals surface area contributed by atoms with Crippen LogP contribution < -0.4 is 9.64 Å². The lowest BCUT2D eigenvalue weighted by molar-refractivity contribution is -0.906. The fourth-order valence-corrected chi connectivity index (χ4v) is 2.94. The number of aryl methyl sites for hydroxylation is 2. The van der Waals surface area contributed by atoms with Crippen LogP contribution in [0.5, 0.6) is 5.75 Å². The van der Waals surface area contributed by atoms with Gasteiger partial charge in [0.1, 0.15) is 5.75 Å². The van der Waals surface area contributed by atoms with Crippen LogP contribution in [0.25, 0.3) is 0 Å². The second kappa shape index (κ2) is 6.95. The lowest BCUT2D eigenvalue weighted by Crippen LogP contribution is -3.13. The molecule has 1 aromatic rings. The number of quaternary nitrogens is 1. The van der Waals surface area contributed by atoms with E-state index in [0.29, 0.717) is 0 Å². The number of rotatable bonds is 5. The van der Waals surface area contributed by atoms with Gasteiger partial charge >= 0.3 is 0 Å². The van der Waals surface area contributed by atoms with Crippen LogP contribution in [0.2, 0.25) is 0 Å². The Kier molecular flexibility index (Phi) is 5.26. The third-order valence-electron chi connectivity index (χ3n) is 4.31. The van der Waals surface area contributed by atoms with Crippen molar-refractivity contribution in [3.8, 4) is 5.75 Å². The van der Waals surface area contributed by atoms with E-state index in [1.54, 1.807) is 4.90 Å². The topological polar surface area (TPSA) is 13.7 Å². The SMILES string of the molecule is Cc1cccc(C)c1OCCC[NH+]1CCC(C)CC1. The molecule has 0 atom stereocenters. The molecule has 0 saturated carbocycles. The average Bonchev–Trinajstić information content (AvgIpc) is 2.39. The summed E-state index contributed by atoms with van der Waals surface area (Å²) in [7, 11) is 0. The van der Waals surface area contributed by atoms with E-state index in [1.165, 1.54) is 43.6 Å². The van der Waals surface area contributed by atoms with Gasteiger partial charge in [0, 0.05) is 6.42 Å². The molecule has 2 nitrogen and oxygen atoms in total. The number of hydrogen-bond donors (Lipinski definition) is 1. The molecule has 1 aliphatic rings. The number of benzene rings is 1. The quantitative estimate of drug-likeness (QED) is 0.805. The number of nitrogens with one attached hydrogen (secondary N) is 1. The van der Waals surface area contributed by atoms with Crippen LogP contribution in [-0.2, 0) is 0 Å². The van der Waals surface area contributed by atoms with E-state index in [4.69, 9.17) is 4.74 Å². The summed E-state index contributed by atoms with van der Waals surface area (Å²) in [5.41, 5.74) is 2.50. The summed E-state index contributed by atoms with van der Waals surface area (Å²) in [4.78, 5) is 1.77. The third-order valence-corrected chi connectivity index (χ3v) is 4.31. The van der Waals surface area contributed by atoms with E-state index in [2.05, 4.69) is 39.0 Å². The van der Waals surface area contributed by atoms with Crippen molar-refractivity contribution in [2.75, 3.05) is 26.2 Å². The molecule has 0 aromatic heterocycles. The number of hydrogen-bond acceptors (Lipinski definition) is 1. The molecule has 2 rings (SSSR count). The fraction of sp³-hybridized carbons (Fsp3) is 0.647. The van der Waals surface area contributed by atoms with Gasteiger partial charge in [-0.15, -0.1) is 0 Å². The smallest absolute Gasteiger partial charge is 0.125 e. The van der Waals surface area contributed by atoms with Crippen LogP contribution in [-0.4, -0.2) is 26.2 Å². The fourth-order valence-electron chi connectivity index (χ4n) is 2.94. The van der Waals surface area contributed by atoms with Gasteiger partial charge in [0.05, 0.1) is 26.2 Å². The molecule has 0 amide bonds. The Bertz CT molecular complexity index is 374. The molecule has 1 fully saturated rings. The van der Waals surface area contributed by atoms with Crippen molar-refractivity contribution in [1.82, 2.24) is 0 Å². The van der Waals surface area contributed by atoms with E-state index in [0.717, 1.165) is 24.7 Å². The minimum atomic E-state index is 0.852. The molecule has 1 heterocycles. The average molecular weight is 262 g/mol. The van der Waals surface area contributed by atoms with E-state index >= 15 is 0 Å². The molecule has 1 saturated heterocycles. The number of piperidine rings is 1. The predicted octanol–water partition coefficient (Wildman–Crippen LogP) is 2.39. The van der Waals surface area contributed by atoms with E-state index in [1.807, 2.05) is 0 Å². The second-order valence-electron chi connectivity index (χ2n) is 6.11. The highest BCUT2D eigenvalue weighted by Crippen LogP contribution is 2.22. The lowest BCUT2D eigenvalue weighted by Gasteiger charge is -2.27. The van der Waals surface area contributed by atoms with Gasteiger partial charge in [-0.1, -0.05) is 25.1 Å². The van der Waals surface area contributed by atoms with Gasteiger partial charge in [0.25, 0.3) is 0 Å². The highest BCUT2D eigenvalue weighted by Gasteiger charge is 2.18. The van der Waals surface area contributed by atoms with Gasteiger partial charge in [-0.25, -0.2) is 0 Å². The Hall–Kier alpha value is -1.02. The molecule has 1 N–H and O–H groups in total. The first-order valence-corrected chi connectivity index (χ1v) is 7.69. The molecule has 19 heavy (non-hydrogen) atoms. The molecule has 2 heteroatoms. The summed E-state index contributed by atoms with van der Waals surface area (Å²) in [6.07, 6.45) is 3.96. The molecule has 0 bridgehead atoms. The van der Waals surface area contributed by atoms with Crippen molar-refractivity contribution >= 4 is 0 Å². The van der Waals surface area contributed by atoms with Gasteiger partial charge in [-0.2, -0.15) is 0 Å². The minimum Gasteiger partial charge on any atom is -0.493 e. The van der Waals surface area contributed by atoms with E-state index < -0.39 is 0 Å². The monoisotopic (exact) mass is 262 g/mol. The summed E-state index contributed by atoms with van der Waals surface area (Å²) < 4.78 is 5.97. The zero-order valence-electron chi connectivity index (χ0n) is 12.7. The maximum atomic E-state index is 5.97. The van der Waals surface area contributed by atoms with Gasteiger partial charge in [0.2, 0.25) is 0 Å². The molecule has 1 aromatic carbocycles. The maximum Gasteiger partial charge on any atom is 0.125 e. The van der Waals surface area contributed by atoms with Crippen LogP contribution in [0.3, 0.4) is 0 Å². The number of likely N-dealkylation sites (tertiary alicyclic amines) is 1. The number of ether oxygens (including phenoxy) is 1. The Morgan fingerprint density at radius 3 is 2.42 bits per heavy atom. The van der Waals surface area contributed by atoms with Crippen LogP contribution in [0.4, 0.5) is 0 Å². The normalized spacial score (nSPS) is 23.3. The molecular formula is C17H28NO+. The van der Waals surface area contributed by atoms with Crippen molar-refractivity contribution in [2.45, 2.75) is 40.0 Å². The second-order valence-corrected chi connectivity index (χ2v) is 6.11. The van der Waals surface area contributed by atoms with Crippen molar-refractivity contribution in [3.63, 3.8) is 0 Å². The van der Waals surface area contributed by atoms with E-state index in [9.17, 15) is 0 Å². The van der Waals surface area contributed by atoms with Crippen LogP contribution in [0.15, 0.2) is 18.2 Å². The van der Waals surface area contributed by atoms with Gasteiger partial charge in [-0.05, 0) is 43.7 Å². The highest BCUT2D eigenvalue weighted by atomic mass is 16.5. The zero-order valence-corrected chi connectivity index (χ0v) is 12.7. The first-order valence-electron chi connectivity index (χ1n) is 7.69. The molecule has 0 aliphatic carbocycles. The van der Waals surface area contributed by atoms with Crippen molar-refractivity contribution in [3.05, 3.63) is 29.3 Å².